The number of ether oxygens (including phenoxy) is 6. The first-order chi connectivity index (χ1) is 17.9. The normalized spacial score (nSPS) is 14.0. The van der Waals surface area contributed by atoms with E-state index in [1.54, 1.807) is 20.8 Å². The minimum absolute atomic E-state index is 0.0792. The predicted octanol–water partition coefficient (Wildman–Crippen LogP) is 4.87. The molecule has 38 heavy (non-hydrogen) atoms. The molecule has 1 aromatic rings. The third-order valence-corrected chi connectivity index (χ3v) is 5.56. The fourth-order valence-corrected chi connectivity index (χ4v) is 3.17. The van der Waals surface area contributed by atoms with E-state index in [2.05, 4.69) is 0 Å². The smallest absolute Gasteiger partial charge is 0.480 e. The maximum absolute atomic E-state index is 12.1. The maximum atomic E-state index is 12.1. The molecule has 0 aliphatic carbocycles. The summed E-state index contributed by atoms with van der Waals surface area (Å²) >= 11 is 0. The largest absolute Gasteiger partial charge is 0.513 e. The molecule has 3 N–H and O–H groups in total. The molecule has 214 valence electrons. The summed E-state index contributed by atoms with van der Waals surface area (Å²) in [6.07, 6.45) is -2.21. The van der Waals surface area contributed by atoms with Gasteiger partial charge in [0.15, 0.2) is 11.5 Å². The molecule has 0 aliphatic rings. The van der Waals surface area contributed by atoms with E-state index < -0.39 is 42.3 Å². The fraction of sp³-hybridized carbons (Fsp3) is 0.615. The van der Waals surface area contributed by atoms with Gasteiger partial charge in [0.25, 0.3) is 0 Å². The number of aliphatic carboxylic acids is 1. The highest BCUT2D eigenvalue weighted by molar-refractivity contribution is 5.75. The van der Waals surface area contributed by atoms with Crippen molar-refractivity contribution in [1.82, 2.24) is 0 Å². The second kappa shape index (κ2) is 16.3. The summed E-state index contributed by atoms with van der Waals surface area (Å²) in [5, 5.41) is 9.64. The fourth-order valence-electron chi connectivity index (χ4n) is 3.17. The number of carboxylic acids is 1. The minimum Gasteiger partial charge on any atom is -0.480 e. The number of carbonyl (C=O) groups is 4. The second-order valence-corrected chi connectivity index (χ2v) is 9.10. The molecular formula is C26H39NO11. The van der Waals surface area contributed by atoms with Crippen LogP contribution in [0.2, 0.25) is 0 Å². The molecule has 0 radical (unpaired) electrons. The molecule has 0 fully saturated rings. The molecule has 0 saturated heterocycles. The molecule has 3 unspecified atom stereocenters. The molecule has 0 aromatic heterocycles. The Labute approximate surface area is 222 Å². The molecular weight excluding hydrogens is 502 g/mol. The number of nitrogens with two attached hydrogens (primary N) is 1. The summed E-state index contributed by atoms with van der Waals surface area (Å²) in [5.41, 5.74) is 6.33. The van der Waals surface area contributed by atoms with Crippen LogP contribution in [0.1, 0.15) is 65.9 Å². The molecule has 0 saturated carbocycles. The quantitative estimate of drug-likeness (QED) is 0.186. The van der Waals surface area contributed by atoms with E-state index in [1.165, 1.54) is 18.2 Å². The van der Waals surface area contributed by atoms with E-state index in [1.807, 2.05) is 20.8 Å². The van der Waals surface area contributed by atoms with Gasteiger partial charge >= 0.3 is 24.4 Å². The average molecular weight is 542 g/mol. The molecule has 12 heteroatoms. The van der Waals surface area contributed by atoms with Crippen LogP contribution in [0.4, 0.5) is 14.4 Å². The number of benzene rings is 1. The van der Waals surface area contributed by atoms with Crippen molar-refractivity contribution in [3.8, 4) is 11.5 Å². The summed E-state index contributed by atoms with van der Waals surface area (Å²) in [5.74, 6) is -3.09. The van der Waals surface area contributed by atoms with Gasteiger partial charge in [0.1, 0.15) is 12.1 Å². The molecule has 0 spiro atoms. The molecule has 1 rings (SSSR count). The molecule has 4 atom stereocenters. The van der Waals surface area contributed by atoms with E-state index in [0.717, 1.165) is 0 Å². The Hall–Kier alpha value is -3.54. The third-order valence-electron chi connectivity index (χ3n) is 5.56. The summed E-state index contributed by atoms with van der Waals surface area (Å²) < 4.78 is 30.7. The van der Waals surface area contributed by atoms with Gasteiger partial charge in [-0.2, -0.15) is 0 Å². The van der Waals surface area contributed by atoms with Crippen LogP contribution in [0.15, 0.2) is 18.2 Å². The number of hydrogen-bond donors (Lipinski definition) is 2. The number of hydrogen-bond acceptors (Lipinski definition) is 11. The lowest BCUT2D eigenvalue weighted by Crippen LogP contribution is -2.40. The van der Waals surface area contributed by atoms with Crippen LogP contribution in [0.3, 0.4) is 0 Å². The zero-order valence-corrected chi connectivity index (χ0v) is 22.8. The van der Waals surface area contributed by atoms with E-state index in [0.29, 0.717) is 18.4 Å². The van der Waals surface area contributed by atoms with Crippen LogP contribution in [-0.4, -0.2) is 61.5 Å². The molecule has 0 amide bonds. The van der Waals surface area contributed by atoms with Gasteiger partial charge in [0.05, 0.1) is 19.8 Å². The van der Waals surface area contributed by atoms with E-state index in [-0.39, 0.29) is 43.3 Å². The van der Waals surface area contributed by atoms with Gasteiger partial charge in [-0.1, -0.05) is 40.7 Å². The zero-order chi connectivity index (χ0) is 28.8. The first kappa shape index (κ1) is 32.5. The average Bonchev–Trinajstić information content (AvgIpc) is 2.86. The van der Waals surface area contributed by atoms with Crippen LogP contribution in [0, 0.1) is 11.8 Å². The van der Waals surface area contributed by atoms with Crippen LogP contribution in [-0.2, 0) is 23.7 Å². The van der Waals surface area contributed by atoms with Crippen molar-refractivity contribution in [2.75, 3.05) is 19.8 Å². The summed E-state index contributed by atoms with van der Waals surface area (Å²) in [7, 11) is 0. The van der Waals surface area contributed by atoms with Crippen molar-refractivity contribution >= 4 is 24.4 Å². The Kier molecular flexibility index (Phi) is 14.0. The van der Waals surface area contributed by atoms with Crippen molar-refractivity contribution in [2.24, 2.45) is 17.6 Å². The number of rotatable bonds is 14. The van der Waals surface area contributed by atoms with Crippen LogP contribution >= 0.6 is 0 Å². The molecule has 0 heterocycles. The molecule has 0 aliphatic heterocycles. The van der Waals surface area contributed by atoms with Gasteiger partial charge in [-0.05, 0) is 49.3 Å². The lowest BCUT2D eigenvalue weighted by atomic mass is 9.82. The first-order valence-electron chi connectivity index (χ1n) is 12.6. The van der Waals surface area contributed by atoms with Gasteiger partial charge in [0, 0.05) is 5.92 Å². The second-order valence-electron chi connectivity index (χ2n) is 9.10. The van der Waals surface area contributed by atoms with Crippen LogP contribution in [0.25, 0.3) is 0 Å². The van der Waals surface area contributed by atoms with Crippen molar-refractivity contribution in [3.63, 3.8) is 0 Å². The number of carbonyl (C=O) groups excluding carboxylic acids is 3. The van der Waals surface area contributed by atoms with Crippen molar-refractivity contribution in [2.45, 2.75) is 72.4 Å². The van der Waals surface area contributed by atoms with Crippen molar-refractivity contribution in [3.05, 3.63) is 23.8 Å². The standard InChI is InChI=1S/C26H39NO11/c1-7-11-33-24(30)37-19-10-9-18(13-20(19)38-25(31)34-12-8-2)21(22(27)23(28)29)16(5)14-35-26(32)36-17(6)15(3)4/h9-10,13,15-17,21-22H,7-8,11-12,14,27H2,1-6H3,(H,28,29)/t16?,17?,21?,22-/m0/s1. The van der Waals surface area contributed by atoms with E-state index >= 15 is 0 Å². The number of carboxylic acid groups (broad SMARTS) is 1. The Morgan fingerprint density at radius 1 is 0.842 bits per heavy atom. The minimum atomic E-state index is -1.42. The summed E-state index contributed by atoms with van der Waals surface area (Å²) in [6, 6.07) is 2.69. The van der Waals surface area contributed by atoms with Gasteiger partial charge in [0.2, 0.25) is 0 Å². The van der Waals surface area contributed by atoms with Crippen molar-refractivity contribution < 1.29 is 52.7 Å². The predicted molar refractivity (Wildman–Crippen MR) is 135 cm³/mol. The SMILES string of the molecule is CCCOC(=O)Oc1ccc(C(C(C)COC(=O)OC(C)C(C)C)[C@H](N)C(=O)O)cc1OC(=O)OCCC. The highest BCUT2D eigenvalue weighted by Gasteiger charge is 2.33. The van der Waals surface area contributed by atoms with Gasteiger partial charge < -0.3 is 39.3 Å². The Morgan fingerprint density at radius 3 is 1.89 bits per heavy atom. The van der Waals surface area contributed by atoms with Gasteiger partial charge in [-0.3, -0.25) is 4.79 Å². The molecule has 1 aromatic carbocycles. The zero-order valence-electron chi connectivity index (χ0n) is 22.8. The Morgan fingerprint density at radius 2 is 1.39 bits per heavy atom. The highest BCUT2D eigenvalue weighted by atomic mass is 16.7. The molecule has 0 bridgehead atoms. The Balaban J connectivity index is 3.26. The van der Waals surface area contributed by atoms with Gasteiger partial charge in [-0.15, -0.1) is 0 Å². The topological polar surface area (TPSA) is 170 Å². The summed E-state index contributed by atoms with van der Waals surface area (Å²) in [4.78, 5) is 48.1. The van der Waals surface area contributed by atoms with Gasteiger partial charge in [-0.25, -0.2) is 14.4 Å². The maximum Gasteiger partial charge on any atom is 0.513 e. The lowest BCUT2D eigenvalue weighted by Gasteiger charge is -2.28. The molecule has 12 nitrogen and oxygen atoms in total. The third kappa shape index (κ3) is 10.8. The first-order valence-corrected chi connectivity index (χ1v) is 12.6. The van der Waals surface area contributed by atoms with Crippen LogP contribution in [0.5, 0.6) is 11.5 Å². The van der Waals surface area contributed by atoms with E-state index in [4.69, 9.17) is 34.2 Å². The van der Waals surface area contributed by atoms with Crippen LogP contribution < -0.4 is 15.2 Å². The van der Waals surface area contributed by atoms with Crippen molar-refractivity contribution in [1.29, 1.82) is 0 Å². The Bertz CT molecular complexity index is 934. The monoisotopic (exact) mass is 541 g/mol. The summed E-state index contributed by atoms with van der Waals surface area (Å²) in [6.45, 7) is 10.8. The highest BCUT2D eigenvalue weighted by Crippen LogP contribution is 2.36. The lowest BCUT2D eigenvalue weighted by molar-refractivity contribution is -0.139. The van der Waals surface area contributed by atoms with E-state index in [9.17, 15) is 24.3 Å².